The standard InChI is InChI=1S/C8H8ClFN4O2S/c1-15-8-13-12-6(17-8)4-16-7-11-5(9)2-3-14(7)10/h2-3,7H,4H2,1H3. The summed E-state index contributed by atoms with van der Waals surface area (Å²) in [7, 11) is 1.49. The second kappa shape index (κ2) is 5.39. The SMILES string of the molecule is COc1nnc(COC2N=C(Cl)C=CN2F)s1. The van der Waals surface area contributed by atoms with Crippen LogP contribution in [0.2, 0.25) is 0 Å². The third kappa shape index (κ3) is 3.11. The van der Waals surface area contributed by atoms with Crippen LogP contribution in [0.1, 0.15) is 5.01 Å². The van der Waals surface area contributed by atoms with Gasteiger partial charge in [0, 0.05) is 6.20 Å². The molecule has 1 unspecified atom stereocenters. The molecule has 0 N–H and O–H groups in total. The number of methoxy groups -OCH3 is 1. The van der Waals surface area contributed by atoms with Crippen molar-refractivity contribution in [2.75, 3.05) is 7.11 Å². The highest BCUT2D eigenvalue weighted by atomic mass is 35.5. The number of nitrogens with zero attached hydrogens (tertiary/aromatic N) is 4. The molecule has 1 atom stereocenters. The van der Waals surface area contributed by atoms with Crippen molar-refractivity contribution in [3.63, 3.8) is 0 Å². The summed E-state index contributed by atoms with van der Waals surface area (Å²) in [5.41, 5.74) is 0. The van der Waals surface area contributed by atoms with Crippen molar-refractivity contribution < 1.29 is 14.0 Å². The highest BCUT2D eigenvalue weighted by molar-refractivity contribution is 7.13. The third-order valence-corrected chi connectivity index (χ3v) is 2.86. The van der Waals surface area contributed by atoms with Gasteiger partial charge in [-0.3, -0.25) is 0 Å². The van der Waals surface area contributed by atoms with Gasteiger partial charge in [0.1, 0.15) is 16.8 Å². The van der Waals surface area contributed by atoms with E-state index in [1.165, 1.54) is 24.5 Å². The quantitative estimate of drug-likeness (QED) is 0.785. The number of aliphatic imine (C=N–C) groups is 1. The van der Waals surface area contributed by atoms with E-state index in [9.17, 15) is 4.48 Å². The minimum Gasteiger partial charge on any atom is -0.472 e. The van der Waals surface area contributed by atoms with Gasteiger partial charge in [-0.2, -0.15) is 5.12 Å². The Bertz CT molecular complexity index is 452. The van der Waals surface area contributed by atoms with E-state index in [2.05, 4.69) is 15.2 Å². The molecule has 0 saturated heterocycles. The highest BCUT2D eigenvalue weighted by Crippen LogP contribution is 2.20. The van der Waals surface area contributed by atoms with Crippen LogP contribution >= 0.6 is 22.9 Å². The summed E-state index contributed by atoms with van der Waals surface area (Å²) in [6, 6.07) is 0. The fourth-order valence-electron chi connectivity index (χ4n) is 1.04. The lowest BCUT2D eigenvalue weighted by atomic mass is 10.6. The first-order chi connectivity index (χ1) is 8.19. The number of hydrogen-bond donors (Lipinski definition) is 0. The molecule has 17 heavy (non-hydrogen) atoms. The molecule has 0 fully saturated rings. The number of hydrogen-bond acceptors (Lipinski definition) is 7. The Morgan fingerprint density at radius 1 is 1.59 bits per heavy atom. The molecule has 6 nitrogen and oxygen atoms in total. The Kier molecular flexibility index (Phi) is 3.87. The van der Waals surface area contributed by atoms with Crippen molar-refractivity contribution in [1.29, 1.82) is 0 Å². The zero-order chi connectivity index (χ0) is 12.3. The van der Waals surface area contributed by atoms with Crippen LogP contribution in [0.4, 0.5) is 4.48 Å². The third-order valence-electron chi connectivity index (χ3n) is 1.78. The van der Waals surface area contributed by atoms with Crippen LogP contribution in [0, 0.1) is 0 Å². The maximum atomic E-state index is 13.2. The summed E-state index contributed by atoms with van der Waals surface area (Å²) in [5, 5.41) is 8.99. The molecule has 0 aliphatic carbocycles. The Hall–Kier alpha value is -1.25. The zero-order valence-electron chi connectivity index (χ0n) is 8.71. The van der Waals surface area contributed by atoms with E-state index in [4.69, 9.17) is 21.1 Å². The summed E-state index contributed by atoms with van der Waals surface area (Å²) in [6.45, 7) is 0.0770. The lowest BCUT2D eigenvalue weighted by Gasteiger charge is -2.20. The average molecular weight is 279 g/mol. The largest absolute Gasteiger partial charge is 0.472 e. The van der Waals surface area contributed by atoms with Crippen LogP contribution in [0.5, 0.6) is 5.19 Å². The molecule has 1 aromatic rings. The van der Waals surface area contributed by atoms with Gasteiger partial charge in [0.05, 0.1) is 7.11 Å². The number of halogens is 2. The molecule has 1 aliphatic rings. The van der Waals surface area contributed by atoms with Crippen molar-refractivity contribution >= 4 is 28.1 Å². The lowest BCUT2D eigenvalue weighted by Crippen LogP contribution is -2.28. The molecule has 0 bridgehead atoms. The molecule has 1 aliphatic heterocycles. The molecule has 0 amide bonds. The van der Waals surface area contributed by atoms with E-state index in [1.54, 1.807) is 0 Å². The van der Waals surface area contributed by atoms with E-state index in [1.807, 2.05) is 0 Å². The van der Waals surface area contributed by atoms with Crippen molar-refractivity contribution in [2.24, 2.45) is 4.99 Å². The first-order valence-electron chi connectivity index (χ1n) is 4.52. The first-order valence-corrected chi connectivity index (χ1v) is 5.72. The second-order valence-corrected chi connectivity index (χ2v) is 4.33. The summed E-state index contributed by atoms with van der Waals surface area (Å²) in [4.78, 5) is 3.75. The molecule has 0 aromatic carbocycles. The summed E-state index contributed by atoms with van der Waals surface area (Å²) in [5.74, 6) is 0. The Morgan fingerprint density at radius 3 is 3.12 bits per heavy atom. The number of aromatic nitrogens is 2. The molecular weight excluding hydrogens is 271 g/mol. The lowest BCUT2D eigenvalue weighted by molar-refractivity contribution is -0.125. The van der Waals surface area contributed by atoms with Gasteiger partial charge in [-0.15, -0.1) is 5.10 Å². The summed E-state index contributed by atoms with van der Waals surface area (Å²) >= 11 is 6.84. The molecule has 1 aromatic heterocycles. The van der Waals surface area contributed by atoms with E-state index in [-0.39, 0.29) is 11.8 Å². The smallest absolute Gasteiger partial charge is 0.293 e. The van der Waals surface area contributed by atoms with Crippen molar-refractivity contribution in [2.45, 2.75) is 13.0 Å². The molecule has 0 spiro atoms. The zero-order valence-corrected chi connectivity index (χ0v) is 10.3. The number of rotatable bonds is 4. The Labute approximate surface area is 105 Å². The fourth-order valence-corrected chi connectivity index (χ4v) is 1.76. The highest BCUT2D eigenvalue weighted by Gasteiger charge is 2.19. The fraction of sp³-hybridized carbons (Fsp3) is 0.375. The average Bonchev–Trinajstić information content (AvgIpc) is 2.78. The first kappa shape index (κ1) is 12.2. The molecule has 2 rings (SSSR count). The van der Waals surface area contributed by atoms with Gasteiger partial charge in [0.25, 0.3) is 11.5 Å². The summed E-state index contributed by atoms with van der Waals surface area (Å²) < 4.78 is 23.3. The molecular formula is C8H8ClFN4O2S. The number of ether oxygens (including phenoxy) is 2. The van der Waals surface area contributed by atoms with Crippen LogP contribution in [0.25, 0.3) is 0 Å². The predicted octanol–water partition coefficient (Wildman–Crippen LogP) is 1.70. The minimum absolute atomic E-state index is 0.0770. The maximum Gasteiger partial charge on any atom is 0.293 e. The van der Waals surface area contributed by atoms with Crippen molar-refractivity contribution in [3.8, 4) is 5.19 Å². The minimum atomic E-state index is -1.10. The predicted molar refractivity (Wildman–Crippen MR) is 60.4 cm³/mol. The van der Waals surface area contributed by atoms with Gasteiger partial charge in [0.15, 0.2) is 0 Å². The van der Waals surface area contributed by atoms with E-state index in [0.717, 1.165) is 6.20 Å². The van der Waals surface area contributed by atoms with Crippen molar-refractivity contribution in [3.05, 3.63) is 17.3 Å². The Balaban J connectivity index is 1.91. The van der Waals surface area contributed by atoms with Gasteiger partial charge in [0.2, 0.25) is 0 Å². The Morgan fingerprint density at radius 2 is 2.41 bits per heavy atom. The molecule has 92 valence electrons. The molecule has 2 heterocycles. The van der Waals surface area contributed by atoms with Gasteiger partial charge in [-0.05, 0) is 6.08 Å². The van der Waals surface area contributed by atoms with Gasteiger partial charge in [-0.1, -0.05) is 32.5 Å². The van der Waals surface area contributed by atoms with E-state index >= 15 is 0 Å². The normalized spacial score (nSPS) is 19.4. The number of allylic oxidation sites excluding steroid dienone is 1. The van der Waals surface area contributed by atoms with Gasteiger partial charge < -0.3 is 9.47 Å². The van der Waals surface area contributed by atoms with Crippen LogP contribution in [-0.2, 0) is 11.3 Å². The topological polar surface area (TPSA) is 59.8 Å². The van der Waals surface area contributed by atoms with Crippen LogP contribution in [0.15, 0.2) is 17.3 Å². The van der Waals surface area contributed by atoms with Gasteiger partial charge in [-0.25, -0.2) is 4.99 Å². The van der Waals surface area contributed by atoms with Crippen molar-refractivity contribution in [1.82, 2.24) is 15.3 Å². The van der Waals surface area contributed by atoms with Crippen LogP contribution in [0.3, 0.4) is 0 Å². The summed E-state index contributed by atoms with van der Waals surface area (Å²) in [6.07, 6.45) is 1.37. The monoisotopic (exact) mass is 278 g/mol. The molecule has 0 radical (unpaired) electrons. The molecule has 0 saturated carbocycles. The van der Waals surface area contributed by atoms with Gasteiger partial charge >= 0.3 is 0 Å². The molecule has 9 heteroatoms. The maximum absolute atomic E-state index is 13.2. The van der Waals surface area contributed by atoms with Crippen LogP contribution < -0.4 is 4.74 Å². The van der Waals surface area contributed by atoms with E-state index in [0.29, 0.717) is 15.3 Å². The van der Waals surface area contributed by atoms with E-state index < -0.39 is 6.35 Å². The van der Waals surface area contributed by atoms with Crippen LogP contribution in [-0.4, -0.2) is 34.0 Å². The second-order valence-electron chi connectivity index (χ2n) is 2.91.